The number of nitrogens with one attached hydrogen (secondary N) is 1. The number of allylic oxidation sites excluding steroid dienone is 1. The highest BCUT2D eigenvalue weighted by Crippen LogP contribution is 2.30. The lowest BCUT2D eigenvalue weighted by Gasteiger charge is -2.45. The Morgan fingerprint density at radius 3 is 2.50 bits per heavy atom. The van der Waals surface area contributed by atoms with Crippen molar-refractivity contribution in [3.63, 3.8) is 0 Å². The first-order valence-electron chi connectivity index (χ1n) is 12.3. The summed E-state index contributed by atoms with van der Waals surface area (Å²) in [6.07, 6.45) is 3.69. The largest absolute Gasteiger partial charge is 0.395 e. The number of pyridine rings is 1. The lowest BCUT2D eigenvalue weighted by molar-refractivity contribution is 0.0647. The van der Waals surface area contributed by atoms with E-state index in [1.54, 1.807) is 17.0 Å². The van der Waals surface area contributed by atoms with Gasteiger partial charge >= 0.3 is 0 Å². The second kappa shape index (κ2) is 12.0. The molecule has 0 saturated carbocycles. The molecule has 6 N–H and O–H groups in total. The Morgan fingerprint density at radius 1 is 1.11 bits per heavy atom. The maximum Gasteiger partial charge on any atom is 0.273 e. The number of likely N-dealkylation sites (tertiary alicyclic amines) is 1. The average molecular weight is 564 g/mol. The van der Waals surface area contributed by atoms with E-state index in [1.807, 2.05) is 11.8 Å². The molecule has 2 aromatic heterocycles. The Kier molecular flexibility index (Phi) is 8.75. The molecule has 12 nitrogen and oxygen atoms in total. The number of carbonyl (C=O) groups is 2. The molecule has 2 aromatic rings. The van der Waals surface area contributed by atoms with E-state index in [9.17, 15) is 9.59 Å². The number of aliphatic hydroxyl groups excluding tert-OH is 1. The predicted octanol–water partition coefficient (Wildman–Crippen LogP) is 1.40. The average Bonchev–Trinajstić information content (AvgIpc) is 2.92. The summed E-state index contributed by atoms with van der Waals surface area (Å²) in [5.74, 6) is -0.163. The quantitative estimate of drug-likeness (QED) is 0.377. The van der Waals surface area contributed by atoms with Crippen molar-refractivity contribution in [2.24, 2.45) is 0 Å². The van der Waals surface area contributed by atoms with Crippen LogP contribution in [0.3, 0.4) is 0 Å². The highest BCUT2D eigenvalue weighted by molar-refractivity contribution is 6.32. The van der Waals surface area contributed by atoms with Gasteiger partial charge in [-0.1, -0.05) is 29.3 Å². The summed E-state index contributed by atoms with van der Waals surface area (Å²) in [5, 5.41) is 11.8. The van der Waals surface area contributed by atoms with Gasteiger partial charge in [0.15, 0.2) is 22.5 Å². The van der Waals surface area contributed by atoms with E-state index in [0.717, 1.165) is 25.1 Å². The topological polar surface area (TPSA) is 167 Å². The molecule has 2 aliphatic rings. The lowest BCUT2D eigenvalue weighted by Crippen LogP contribution is -2.53. The van der Waals surface area contributed by atoms with Crippen molar-refractivity contribution >= 4 is 52.5 Å². The van der Waals surface area contributed by atoms with E-state index in [-0.39, 0.29) is 52.7 Å². The number of carbonyl (C=O) groups excluding carboxylic acids is 2. The summed E-state index contributed by atoms with van der Waals surface area (Å²) in [6.45, 7) is 4.98. The van der Waals surface area contributed by atoms with Crippen LogP contribution < -0.4 is 21.7 Å². The number of hydrogen-bond donors (Lipinski definition) is 4. The van der Waals surface area contributed by atoms with Gasteiger partial charge in [-0.05, 0) is 31.9 Å². The van der Waals surface area contributed by atoms with Gasteiger partial charge in [0, 0.05) is 44.5 Å². The fourth-order valence-electron chi connectivity index (χ4n) is 4.81. The molecule has 0 spiro atoms. The standard InChI is InChI=1S/C24H31Cl2N9O3/c1-2-14-13-34(22-19(26)31-18(21(28)32-22)23(37)29-7-12-36)10-11-35(14)15-5-8-33(9-6-15)24(38)16-3-4-17(25)30-20(16)27/h2-4,15,36H,5-13H2,1H3,(H2,27,30)(H2,28,32)(H,29,37)/b14-2+. The summed E-state index contributed by atoms with van der Waals surface area (Å²) in [4.78, 5) is 43.9. The smallest absolute Gasteiger partial charge is 0.273 e. The zero-order valence-corrected chi connectivity index (χ0v) is 22.5. The van der Waals surface area contributed by atoms with Gasteiger partial charge in [-0.25, -0.2) is 15.0 Å². The number of hydrogen-bond acceptors (Lipinski definition) is 10. The fourth-order valence-corrected chi connectivity index (χ4v) is 5.21. The van der Waals surface area contributed by atoms with Crippen molar-refractivity contribution in [1.29, 1.82) is 0 Å². The van der Waals surface area contributed by atoms with Gasteiger partial charge < -0.3 is 36.6 Å². The number of nitrogens with zero attached hydrogens (tertiary/aromatic N) is 6. The highest BCUT2D eigenvalue weighted by atomic mass is 35.5. The van der Waals surface area contributed by atoms with Crippen molar-refractivity contribution in [1.82, 2.24) is 30.1 Å². The number of halogens is 2. The van der Waals surface area contributed by atoms with Gasteiger partial charge in [0.1, 0.15) is 11.0 Å². The Hall–Kier alpha value is -3.35. The van der Waals surface area contributed by atoms with E-state index < -0.39 is 5.91 Å². The fraction of sp³-hybridized carbons (Fsp3) is 0.458. The third-order valence-electron chi connectivity index (χ3n) is 6.75. The maximum atomic E-state index is 13.0. The van der Waals surface area contributed by atoms with Crippen LogP contribution in [0.2, 0.25) is 10.3 Å². The summed E-state index contributed by atoms with van der Waals surface area (Å²) in [6, 6.07) is 3.46. The Labute approximate surface area is 230 Å². The van der Waals surface area contributed by atoms with E-state index in [2.05, 4.69) is 31.2 Å². The van der Waals surface area contributed by atoms with E-state index in [4.69, 9.17) is 39.8 Å². The molecule has 2 aliphatic heterocycles. The molecule has 2 saturated heterocycles. The van der Waals surface area contributed by atoms with E-state index in [1.165, 1.54) is 0 Å². The second-order valence-corrected chi connectivity index (χ2v) is 9.78. The minimum absolute atomic E-state index is 0.0298. The van der Waals surface area contributed by atoms with Crippen molar-refractivity contribution < 1.29 is 14.7 Å². The van der Waals surface area contributed by atoms with Crippen LogP contribution in [0.4, 0.5) is 17.5 Å². The molecule has 0 radical (unpaired) electrons. The number of anilines is 3. The molecular formula is C24H31Cl2N9O3. The minimum atomic E-state index is -0.545. The minimum Gasteiger partial charge on any atom is -0.395 e. The summed E-state index contributed by atoms with van der Waals surface area (Å²) < 4.78 is 0. The predicted molar refractivity (Wildman–Crippen MR) is 146 cm³/mol. The monoisotopic (exact) mass is 563 g/mol. The van der Waals surface area contributed by atoms with Gasteiger partial charge in [0.2, 0.25) is 0 Å². The summed E-state index contributed by atoms with van der Waals surface area (Å²) in [5.41, 5.74) is 13.3. The van der Waals surface area contributed by atoms with Gasteiger partial charge in [0.05, 0.1) is 18.7 Å². The van der Waals surface area contributed by atoms with Gasteiger partial charge in [-0.2, -0.15) is 0 Å². The molecule has 4 rings (SSSR count). The van der Waals surface area contributed by atoms with Crippen LogP contribution in [-0.2, 0) is 0 Å². The molecule has 0 bridgehead atoms. The van der Waals surface area contributed by atoms with Crippen LogP contribution >= 0.6 is 23.2 Å². The molecule has 0 aromatic carbocycles. The van der Waals surface area contributed by atoms with Crippen LogP contribution in [-0.4, -0.2) is 93.6 Å². The molecule has 2 amide bonds. The first kappa shape index (κ1) is 27.7. The Bertz CT molecular complexity index is 1230. The van der Waals surface area contributed by atoms with Crippen LogP contribution in [0, 0.1) is 0 Å². The number of aromatic nitrogens is 3. The molecule has 0 unspecified atom stereocenters. The van der Waals surface area contributed by atoms with Crippen molar-refractivity contribution in [3.05, 3.63) is 45.5 Å². The third-order valence-corrected chi connectivity index (χ3v) is 7.22. The number of aliphatic hydroxyl groups is 1. The van der Waals surface area contributed by atoms with E-state index in [0.29, 0.717) is 37.6 Å². The Balaban J connectivity index is 1.39. The molecule has 0 atom stereocenters. The molecule has 38 heavy (non-hydrogen) atoms. The van der Waals surface area contributed by atoms with Crippen molar-refractivity contribution in [3.8, 4) is 0 Å². The summed E-state index contributed by atoms with van der Waals surface area (Å²) >= 11 is 12.3. The van der Waals surface area contributed by atoms with Crippen molar-refractivity contribution in [2.75, 3.05) is 62.2 Å². The van der Waals surface area contributed by atoms with Crippen molar-refractivity contribution in [2.45, 2.75) is 25.8 Å². The maximum absolute atomic E-state index is 13.0. The number of nitrogens with two attached hydrogens (primary N) is 2. The van der Waals surface area contributed by atoms with Gasteiger partial charge in [0.25, 0.3) is 11.8 Å². The van der Waals surface area contributed by atoms with Gasteiger partial charge in [-0.15, -0.1) is 0 Å². The number of piperazine rings is 1. The van der Waals surface area contributed by atoms with E-state index >= 15 is 0 Å². The molecule has 2 fully saturated rings. The van der Waals surface area contributed by atoms with Crippen LogP contribution in [0.25, 0.3) is 0 Å². The van der Waals surface area contributed by atoms with Crippen LogP contribution in [0.1, 0.15) is 40.6 Å². The number of nitrogen functional groups attached to an aromatic ring is 2. The highest BCUT2D eigenvalue weighted by Gasteiger charge is 2.33. The lowest BCUT2D eigenvalue weighted by atomic mass is 10.00. The second-order valence-electron chi connectivity index (χ2n) is 9.04. The van der Waals surface area contributed by atoms with Crippen LogP contribution in [0.15, 0.2) is 23.9 Å². The first-order valence-corrected chi connectivity index (χ1v) is 13.1. The molecule has 14 heteroatoms. The molecule has 0 aliphatic carbocycles. The number of piperidine rings is 1. The van der Waals surface area contributed by atoms with Gasteiger partial charge in [-0.3, -0.25) is 9.59 Å². The molecule has 4 heterocycles. The number of amides is 2. The third kappa shape index (κ3) is 5.87. The number of rotatable bonds is 6. The zero-order valence-electron chi connectivity index (χ0n) is 21.0. The first-order chi connectivity index (χ1) is 18.2. The zero-order chi connectivity index (χ0) is 27.4. The molecule has 204 valence electrons. The molecular weight excluding hydrogens is 533 g/mol. The SMILES string of the molecule is C/C=C1\CN(c2nc(N)c(C(=O)NCCO)nc2Cl)CCN1C1CCN(C(=O)c2ccc(Cl)nc2N)CC1. The van der Waals surface area contributed by atoms with Crippen LogP contribution in [0.5, 0.6) is 0 Å². The summed E-state index contributed by atoms with van der Waals surface area (Å²) in [7, 11) is 0. The Morgan fingerprint density at radius 2 is 1.84 bits per heavy atom. The normalized spacial score (nSPS) is 17.7.